The quantitative estimate of drug-likeness (QED) is 0.800. The molecule has 0 aliphatic carbocycles. The van der Waals surface area contributed by atoms with Gasteiger partial charge in [0.2, 0.25) is 0 Å². The topological polar surface area (TPSA) is 26.0 Å². The summed E-state index contributed by atoms with van der Waals surface area (Å²) in [5, 5.41) is 0. The lowest BCUT2D eigenvalue weighted by atomic mass is 9.98. The molecule has 0 bridgehead atoms. The Morgan fingerprint density at radius 1 is 1.36 bits per heavy atom. The van der Waals surface area contributed by atoms with E-state index < -0.39 is 17.3 Å². The van der Waals surface area contributed by atoms with Gasteiger partial charge in [0, 0.05) is 13.0 Å². The molecule has 0 aromatic heterocycles. The van der Waals surface area contributed by atoms with Gasteiger partial charge < -0.3 is 5.73 Å². The van der Waals surface area contributed by atoms with E-state index in [9.17, 15) is 13.2 Å². The molecule has 2 N–H and O–H groups in total. The lowest BCUT2D eigenvalue weighted by Crippen LogP contribution is -2.32. The predicted octanol–water partition coefficient (Wildman–Crippen LogP) is 2.19. The van der Waals surface area contributed by atoms with Crippen LogP contribution in [-0.4, -0.2) is 12.2 Å². The van der Waals surface area contributed by atoms with E-state index in [-0.39, 0.29) is 18.5 Å². The minimum absolute atomic E-state index is 0.0143. The molecular weight excluding hydrogens is 191 g/mol. The highest BCUT2D eigenvalue weighted by molar-refractivity contribution is 5.20. The first kappa shape index (κ1) is 11.0. The minimum Gasteiger partial charge on any atom is -0.328 e. The summed E-state index contributed by atoms with van der Waals surface area (Å²) in [4.78, 5) is 0. The van der Waals surface area contributed by atoms with E-state index in [0.29, 0.717) is 0 Å². The van der Waals surface area contributed by atoms with Gasteiger partial charge >= 0.3 is 0 Å². The van der Waals surface area contributed by atoms with Crippen molar-refractivity contribution < 1.29 is 13.2 Å². The smallest absolute Gasteiger partial charge is 0.126 e. The van der Waals surface area contributed by atoms with E-state index in [2.05, 4.69) is 0 Å². The lowest BCUT2D eigenvalue weighted by molar-refractivity contribution is 0.198. The molecule has 0 aliphatic heterocycles. The summed E-state index contributed by atoms with van der Waals surface area (Å²) in [5.41, 5.74) is 3.47. The fourth-order valence-electron chi connectivity index (χ4n) is 1.15. The molecule has 1 atom stereocenters. The first-order valence-electron chi connectivity index (χ1n) is 4.27. The third kappa shape index (κ3) is 2.73. The van der Waals surface area contributed by atoms with Crippen molar-refractivity contribution in [2.75, 3.05) is 6.54 Å². The van der Waals surface area contributed by atoms with Gasteiger partial charge in [-0.1, -0.05) is 0 Å². The van der Waals surface area contributed by atoms with Gasteiger partial charge in [-0.2, -0.15) is 0 Å². The SMILES string of the molecule is CC(F)(CN)Cc1cc(F)ccc1F. The van der Waals surface area contributed by atoms with Crippen LogP contribution in [0, 0.1) is 11.6 Å². The maximum atomic E-state index is 13.4. The van der Waals surface area contributed by atoms with Crippen molar-refractivity contribution in [3.8, 4) is 0 Å². The van der Waals surface area contributed by atoms with Crippen LogP contribution in [0.4, 0.5) is 13.2 Å². The van der Waals surface area contributed by atoms with Crippen LogP contribution in [0.2, 0.25) is 0 Å². The zero-order valence-electron chi connectivity index (χ0n) is 7.86. The predicted molar refractivity (Wildman–Crippen MR) is 48.6 cm³/mol. The average Bonchev–Trinajstić information content (AvgIpc) is 2.11. The molecule has 1 aromatic carbocycles. The monoisotopic (exact) mass is 203 g/mol. The van der Waals surface area contributed by atoms with Crippen molar-refractivity contribution in [1.29, 1.82) is 0 Å². The Bertz CT molecular complexity index is 323. The number of benzene rings is 1. The molecule has 14 heavy (non-hydrogen) atoms. The highest BCUT2D eigenvalue weighted by Gasteiger charge is 2.23. The normalized spacial score (nSPS) is 15.2. The maximum Gasteiger partial charge on any atom is 0.126 e. The number of nitrogens with two attached hydrogens (primary N) is 1. The second-order valence-corrected chi connectivity index (χ2v) is 3.53. The van der Waals surface area contributed by atoms with Crippen LogP contribution in [0.1, 0.15) is 12.5 Å². The summed E-state index contributed by atoms with van der Waals surface area (Å²) in [7, 11) is 0. The Balaban J connectivity index is 2.91. The van der Waals surface area contributed by atoms with Crippen molar-refractivity contribution in [1.82, 2.24) is 0 Å². The van der Waals surface area contributed by atoms with Gasteiger partial charge in [-0.25, -0.2) is 13.2 Å². The molecule has 1 nitrogen and oxygen atoms in total. The van der Waals surface area contributed by atoms with Crippen molar-refractivity contribution in [3.63, 3.8) is 0 Å². The van der Waals surface area contributed by atoms with Gasteiger partial charge in [0.05, 0.1) is 0 Å². The van der Waals surface area contributed by atoms with E-state index in [0.717, 1.165) is 18.2 Å². The van der Waals surface area contributed by atoms with Gasteiger partial charge in [0.15, 0.2) is 0 Å². The van der Waals surface area contributed by atoms with E-state index in [1.54, 1.807) is 0 Å². The van der Waals surface area contributed by atoms with E-state index in [4.69, 9.17) is 5.73 Å². The zero-order chi connectivity index (χ0) is 10.8. The zero-order valence-corrected chi connectivity index (χ0v) is 7.86. The van der Waals surface area contributed by atoms with Crippen molar-refractivity contribution in [2.24, 2.45) is 5.73 Å². The molecule has 0 spiro atoms. The van der Waals surface area contributed by atoms with E-state index in [1.165, 1.54) is 6.92 Å². The van der Waals surface area contributed by atoms with Crippen molar-refractivity contribution >= 4 is 0 Å². The highest BCUT2D eigenvalue weighted by Crippen LogP contribution is 2.19. The Labute approximate surface area is 80.7 Å². The summed E-state index contributed by atoms with van der Waals surface area (Å²) in [5.74, 6) is -1.18. The van der Waals surface area contributed by atoms with Crippen LogP contribution < -0.4 is 5.73 Å². The van der Waals surface area contributed by atoms with Crippen molar-refractivity contribution in [3.05, 3.63) is 35.4 Å². The summed E-state index contributed by atoms with van der Waals surface area (Å²) < 4.78 is 39.2. The second-order valence-electron chi connectivity index (χ2n) is 3.53. The molecule has 0 aliphatic rings. The number of halogens is 3. The highest BCUT2D eigenvalue weighted by atomic mass is 19.1. The third-order valence-corrected chi connectivity index (χ3v) is 1.99. The first-order valence-corrected chi connectivity index (χ1v) is 4.27. The van der Waals surface area contributed by atoms with Gasteiger partial charge in [-0.05, 0) is 30.7 Å². The van der Waals surface area contributed by atoms with Crippen LogP contribution in [0.3, 0.4) is 0 Å². The number of hydrogen-bond donors (Lipinski definition) is 1. The standard InChI is InChI=1S/C10H12F3N/c1-10(13,6-14)5-7-4-8(11)2-3-9(7)12/h2-4H,5-6,14H2,1H3. The molecule has 0 radical (unpaired) electrons. The lowest BCUT2D eigenvalue weighted by Gasteiger charge is -2.18. The minimum atomic E-state index is -1.70. The summed E-state index contributed by atoms with van der Waals surface area (Å²) in [6.07, 6.45) is -0.215. The molecule has 1 rings (SSSR count). The summed E-state index contributed by atoms with van der Waals surface area (Å²) in [6.45, 7) is 1.04. The molecule has 0 fully saturated rings. The molecule has 4 heteroatoms. The Hall–Kier alpha value is -1.03. The van der Waals surface area contributed by atoms with Crippen LogP contribution in [-0.2, 0) is 6.42 Å². The second kappa shape index (κ2) is 4.00. The molecule has 78 valence electrons. The summed E-state index contributed by atoms with van der Waals surface area (Å²) in [6, 6.07) is 2.97. The van der Waals surface area contributed by atoms with Gasteiger partial charge in [-0.15, -0.1) is 0 Å². The number of alkyl halides is 1. The fourth-order valence-corrected chi connectivity index (χ4v) is 1.15. The molecule has 0 saturated heterocycles. The molecule has 0 heterocycles. The summed E-state index contributed by atoms with van der Waals surface area (Å²) >= 11 is 0. The Morgan fingerprint density at radius 2 is 2.00 bits per heavy atom. The molecular formula is C10H12F3N. The molecule has 1 unspecified atom stereocenters. The average molecular weight is 203 g/mol. The maximum absolute atomic E-state index is 13.4. The number of rotatable bonds is 3. The molecule has 1 aromatic rings. The first-order chi connectivity index (χ1) is 6.44. The fraction of sp³-hybridized carbons (Fsp3) is 0.400. The third-order valence-electron chi connectivity index (χ3n) is 1.99. The van der Waals surface area contributed by atoms with Crippen LogP contribution in [0.5, 0.6) is 0 Å². The largest absolute Gasteiger partial charge is 0.328 e. The Kier molecular flexibility index (Phi) is 3.16. The van der Waals surface area contributed by atoms with Crippen LogP contribution in [0.25, 0.3) is 0 Å². The van der Waals surface area contributed by atoms with Gasteiger partial charge in [-0.3, -0.25) is 0 Å². The van der Waals surface area contributed by atoms with Gasteiger partial charge in [0.25, 0.3) is 0 Å². The van der Waals surface area contributed by atoms with E-state index >= 15 is 0 Å². The van der Waals surface area contributed by atoms with Crippen LogP contribution >= 0.6 is 0 Å². The van der Waals surface area contributed by atoms with E-state index in [1.807, 2.05) is 0 Å². The van der Waals surface area contributed by atoms with Gasteiger partial charge in [0.1, 0.15) is 17.3 Å². The van der Waals surface area contributed by atoms with Crippen molar-refractivity contribution in [2.45, 2.75) is 19.0 Å². The number of hydrogen-bond acceptors (Lipinski definition) is 1. The molecule has 0 amide bonds. The Morgan fingerprint density at radius 3 is 2.57 bits per heavy atom. The van der Waals surface area contributed by atoms with Crippen LogP contribution in [0.15, 0.2) is 18.2 Å². The molecule has 0 saturated carbocycles.